The van der Waals surface area contributed by atoms with Crippen molar-refractivity contribution in [2.24, 2.45) is 29.0 Å². The number of benzene rings is 1. The molecule has 67 heavy (non-hydrogen) atoms. The molecule has 0 spiro atoms. The summed E-state index contributed by atoms with van der Waals surface area (Å²) >= 11 is 1.18. The average Bonchev–Trinajstić information content (AvgIpc) is 3.76. The van der Waals surface area contributed by atoms with Gasteiger partial charge in [0, 0.05) is 23.7 Å². The van der Waals surface area contributed by atoms with E-state index in [1.165, 1.54) is 36.0 Å². The number of nitrogens with two attached hydrogens (primary N) is 3. The van der Waals surface area contributed by atoms with Crippen molar-refractivity contribution in [3.8, 4) is 5.75 Å². The smallest absolute Gasteiger partial charge is 0.336 e. The third-order valence-corrected chi connectivity index (χ3v) is 13.9. The number of thioether (sulfide) groups is 1. The molecule has 15 N–H and O–H groups in total. The van der Waals surface area contributed by atoms with Gasteiger partial charge in [-0.3, -0.25) is 47.9 Å². The highest BCUT2D eigenvalue weighted by atomic mass is 33.1. The SMILES string of the molecule is CC[C@H](C)[C@@H]1NC(=O)[C@H](Cc2ccc(O)cc2)NC(=O)[C@@H](N)CSSC[C@@H](C(=O)N2CSC[C@H]2C(=O)N[C@@H](CC(C)C)C(=O)NCC(N)=O)NC(=O)[C@H](CC(N)=O)NC(=O)[C@H](C(=O)O)NC1=O. The zero-order valence-electron chi connectivity index (χ0n) is 37.2. The van der Waals surface area contributed by atoms with Gasteiger partial charge in [0.2, 0.25) is 59.2 Å². The van der Waals surface area contributed by atoms with Crippen molar-refractivity contribution in [1.29, 1.82) is 0 Å². The maximum absolute atomic E-state index is 14.4. The van der Waals surface area contributed by atoms with Gasteiger partial charge in [-0.1, -0.05) is 67.8 Å². The second-order valence-corrected chi connectivity index (χ2v) is 19.8. The molecule has 27 heteroatoms. The van der Waals surface area contributed by atoms with E-state index in [1.54, 1.807) is 27.7 Å². The lowest BCUT2D eigenvalue weighted by molar-refractivity contribution is -0.148. The third kappa shape index (κ3) is 17.4. The molecular weight excluding hydrogens is 939 g/mol. The van der Waals surface area contributed by atoms with Crippen LogP contribution in [0.15, 0.2) is 24.3 Å². The summed E-state index contributed by atoms with van der Waals surface area (Å²) in [6.07, 6.45) is -0.645. The predicted molar refractivity (Wildman–Crippen MR) is 247 cm³/mol. The first-order valence-electron chi connectivity index (χ1n) is 21.1. The molecule has 0 bridgehead atoms. The van der Waals surface area contributed by atoms with Crippen LogP contribution in [0.25, 0.3) is 0 Å². The van der Waals surface area contributed by atoms with Crippen molar-refractivity contribution in [2.75, 3.05) is 29.7 Å². The number of aliphatic carboxylic acids is 1. The summed E-state index contributed by atoms with van der Waals surface area (Å²) in [5, 5.41) is 36.7. The summed E-state index contributed by atoms with van der Waals surface area (Å²) in [4.78, 5) is 147. The lowest BCUT2D eigenvalue weighted by Crippen LogP contribution is -2.63. The van der Waals surface area contributed by atoms with Crippen LogP contribution in [-0.4, -0.2) is 158 Å². The molecule has 0 aromatic heterocycles. The molecule has 2 fully saturated rings. The van der Waals surface area contributed by atoms with Crippen LogP contribution in [0.1, 0.15) is 52.5 Å². The summed E-state index contributed by atoms with van der Waals surface area (Å²) in [7, 11) is 1.96. The van der Waals surface area contributed by atoms with Gasteiger partial charge in [-0.2, -0.15) is 0 Å². The molecule has 9 atom stereocenters. The molecule has 10 amide bonds. The van der Waals surface area contributed by atoms with Gasteiger partial charge >= 0.3 is 5.97 Å². The molecule has 1 aromatic rings. The highest BCUT2D eigenvalue weighted by Crippen LogP contribution is 2.27. The number of nitrogens with zero attached hydrogens (tertiary/aromatic N) is 1. The Hall–Kier alpha value is -5.80. The average molecular weight is 998 g/mol. The molecule has 2 aliphatic rings. The number of primary amides is 2. The van der Waals surface area contributed by atoms with E-state index in [1.807, 2.05) is 0 Å². The summed E-state index contributed by atoms with van der Waals surface area (Å²) in [6.45, 7) is 6.35. The predicted octanol–water partition coefficient (Wildman–Crippen LogP) is -3.88. The molecule has 24 nitrogen and oxygen atoms in total. The van der Waals surface area contributed by atoms with Crippen molar-refractivity contribution in [2.45, 2.75) is 102 Å². The maximum atomic E-state index is 14.4. The molecule has 2 aliphatic heterocycles. The fourth-order valence-electron chi connectivity index (χ4n) is 6.55. The zero-order valence-corrected chi connectivity index (χ0v) is 39.7. The zero-order chi connectivity index (χ0) is 50.1. The van der Waals surface area contributed by atoms with E-state index in [4.69, 9.17) is 17.2 Å². The lowest BCUT2D eigenvalue weighted by Gasteiger charge is -2.30. The lowest BCUT2D eigenvalue weighted by atomic mass is 9.96. The van der Waals surface area contributed by atoms with Gasteiger partial charge in [0.25, 0.3) is 5.91 Å². The van der Waals surface area contributed by atoms with Crippen LogP contribution >= 0.6 is 33.3 Å². The number of carboxylic acids is 1. The monoisotopic (exact) mass is 997 g/mol. The number of rotatable bonds is 15. The molecule has 2 saturated heterocycles. The van der Waals surface area contributed by atoms with E-state index < -0.39 is 132 Å². The molecule has 3 rings (SSSR count). The number of carbonyl (C=O) groups is 11. The number of hydrogen-bond donors (Lipinski definition) is 12. The van der Waals surface area contributed by atoms with Crippen molar-refractivity contribution in [1.82, 2.24) is 42.1 Å². The molecule has 370 valence electrons. The van der Waals surface area contributed by atoms with Crippen LogP contribution in [0.3, 0.4) is 0 Å². The molecule has 0 unspecified atom stereocenters. The second kappa shape index (κ2) is 26.5. The Kier molecular flexibility index (Phi) is 22.0. The number of nitrogens with one attached hydrogen (secondary N) is 7. The van der Waals surface area contributed by atoms with Crippen LogP contribution < -0.4 is 54.4 Å². The highest BCUT2D eigenvalue weighted by molar-refractivity contribution is 8.76. The standard InChI is InChI=1S/C40H59N11O13S3/c1-5-19(4)30-37(60)50-31(40(63)64)38(61)47-25(12-28(42)53)34(57)48-26(15-67-66-14-22(41)32(55)45-24(35(58)49-30)11-20-6-8-21(52)9-7-20)39(62)51-17-65-16-27(51)36(59)46-23(10-18(2)3)33(56)44-13-29(43)54/h6-9,18-19,22-27,30-31,52H,5,10-17,41H2,1-4H3,(H2,42,53)(H2,43,54)(H,44,56)(H,45,55)(H,46,59)(H,47,61)(H,48,57)(H,49,58)(H,50,60)(H,63,64)/t19-,22-,23-,24-,25-,26-,27-,30-,31+/m0/s1. The van der Waals surface area contributed by atoms with Gasteiger partial charge in [0.05, 0.1) is 24.9 Å². The Morgan fingerprint density at radius 1 is 0.806 bits per heavy atom. The summed E-state index contributed by atoms with van der Waals surface area (Å²) in [5.41, 5.74) is 17.3. The fraction of sp³-hybridized carbons (Fsp3) is 0.575. The van der Waals surface area contributed by atoms with Crippen molar-refractivity contribution in [3.05, 3.63) is 29.8 Å². The number of carbonyl (C=O) groups excluding carboxylic acids is 10. The van der Waals surface area contributed by atoms with E-state index in [0.717, 1.165) is 26.5 Å². The number of amides is 10. The molecule has 1 aromatic carbocycles. The normalized spacial score (nSPS) is 24.7. The molecular formula is C40H59N11O13S3. The van der Waals surface area contributed by atoms with Gasteiger partial charge in [-0.15, -0.1) is 11.8 Å². The molecule has 2 heterocycles. The number of aromatic hydroxyl groups is 1. The topological polar surface area (TPSA) is 394 Å². The van der Waals surface area contributed by atoms with Gasteiger partial charge in [0.1, 0.15) is 42.0 Å². The number of carboxylic acid groups (broad SMARTS) is 1. The number of hydrogen-bond acceptors (Lipinski definition) is 16. The van der Waals surface area contributed by atoms with Crippen molar-refractivity contribution >= 4 is 98.4 Å². The number of phenolic OH excluding ortho intramolecular Hbond substituents is 1. The van der Waals surface area contributed by atoms with E-state index in [9.17, 15) is 63.0 Å². The minimum Gasteiger partial charge on any atom is -0.508 e. The maximum Gasteiger partial charge on any atom is 0.336 e. The molecule has 0 saturated carbocycles. The first kappa shape index (κ1) is 55.5. The van der Waals surface area contributed by atoms with E-state index >= 15 is 0 Å². The minimum absolute atomic E-state index is 0.0627. The third-order valence-electron chi connectivity index (χ3n) is 10.4. The van der Waals surface area contributed by atoms with E-state index in [-0.39, 0.29) is 54.1 Å². The van der Waals surface area contributed by atoms with Gasteiger partial charge in [-0.25, -0.2) is 4.79 Å². The summed E-state index contributed by atoms with van der Waals surface area (Å²) in [6, 6.07) is -6.55. The number of phenols is 1. The van der Waals surface area contributed by atoms with Crippen LogP contribution in [0, 0.1) is 11.8 Å². The van der Waals surface area contributed by atoms with Crippen LogP contribution in [0.5, 0.6) is 5.75 Å². The summed E-state index contributed by atoms with van der Waals surface area (Å²) in [5.74, 6) is -12.8. The van der Waals surface area contributed by atoms with Crippen LogP contribution in [-0.2, 0) is 59.2 Å². The summed E-state index contributed by atoms with van der Waals surface area (Å²) < 4.78 is 0. The second-order valence-electron chi connectivity index (χ2n) is 16.3. The molecule has 0 radical (unpaired) electrons. The first-order chi connectivity index (χ1) is 31.5. The van der Waals surface area contributed by atoms with Crippen molar-refractivity contribution < 1.29 is 63.0 Å². The van der Waals surface area contributed by atoms with E-state index in [0.29, 0.717) is 5.56 Å². The van der Waals surface area contributed by atoms with Crippen LogP contribution in [0.2, 0.25) is 0 Å². The van der Waals surface area contributed by atoms with E-state index in [2.05, 4.69) is 37.2 Å². The Bertz CT molecular complexity index is 2020. The molecule has 0 aliphatic carbocycles. The van der Waals surface area contributed by atoms with Gasteiger partial charge in [-0.05, 0) is 36.0 Å². The first-order valence-corrected chi connectivity index (χ1v) is 24.7. The minimum atomic E-state index is -2.40. The quantitative estimate of drug-likeness (QED) is 0.0591. The highest BCUT2D eigenvalue weighted by Gasteiger charge is 2.42. The van der Waals surface area contributed by atoms with Gasteiger partial charge in [0.15, 0.2) is 0 Å². The van der Waals surface area contributed by atoms with Gasteiger partial charge < -0.3 is 69.5 Å². The fourth-order valence-corrected chi connectivity index (χ4v) is 10.00. The van der Waals surface area contributed by atoms with Crippen molar-refractivity contribution in [3.63, 3.8) is 0 Å². The Morgan fingerprint density at radius 2 is 1.43 bits per heavy atom. The van der Waals surface area contributed by atoms with Crippen LogP contribution in [0.4, 0.5) is 0 Å². The Balaban J connectivity index is 2.02. The Labute approximate surface area is 398 Å². The Morgan fingerprint density at radius 3 is 2.03 bits per heavy atom. The largest absolute Gasteiger partial charge is 0.508 e.